The third kappa shape index (κ3) is 2.89. The molecule has 0 aromatic rings. The molecule has 0 radical (unpaired) electrons. The Morgan fingerprint density at radius 3 is 2.59 bits per heavy atom. The summed E-state index contributed by atoms with van der Waals surface area (Å²) in [5.74, 6) is 5.00. The number of hydrogen-bond donors (Lipinski definition) is 2. The number of halogens is 3. The summed E-state index contributed by atoms with van der Waals surface area (Å²) >= 11 is 5.11. The molecule has 1 saturated carbocycles. The lowest BCUT2D eigenvalue weighted by molar-refractivity contribution is -0.111. The lowest BCUT2D eigenvalue weighted by atomic mass is 9.81. The van der Waals surface area contributed by atoms with Crippen molar-refractivity contribution >= 4 is 11.6 Å². The summed E-state index contributed by atoms with van der Waals surface area (Å²) < 4.78 is 32.3. The molecule has 1 heterocycles. The minimum atomic E-state index is -3.31. The molecule has 3 nitrogen and oxygen atoms in total. The van der Waals surface area contributed by atoms with Crippen molar-refractivity contribution in [2.75, 3.05) is 6.61 Å². The summed E-state index contributed by atoms with van der Waals surface area (Å²) in [5.41, 5.74) is 1.99. The van der Waals surface area contributed by atoms with E-state index in [1.165, 1.54) is 0 Å². The van der Waals surface area contributed by atoms with Crippen molar-refractivity contribution < 1.29 is 13.5 Å². The number of hydrazine groups is 1. The van der Waals surface area contributed by atoms with Gasteiger partial charge in [-0.2, -0.15) is 8.78 Å². The molecule has 1 saturated heterocycles. The standard InChI is InChI=1S/C11H19ClF2N2O/c12-11(13,14)9(16-15)8-3-6-17-10(7-8)4-1-2-5-10/h8-9,16H,1-7,15H2. The Balaban J connectivity index is 2.05. The van der Waals surface area contributed by atoms with Gasteiger partial charge in [0.1, 0.15) is 6.04 Å². The van der Waals surface area contributed by atoms with Gasteiger partial charge in [0.2, 0.25) is 0 Å². The molecule has 1 aliphatic carbocycles. The predicted molar refractivity (Wildman–Crippen MR) is 61.8 cm³/mol. The maximum Gasteiger partial charge on any atom is 0.338 e. The molecule has 0 aromatic carbocycles. The molecule has 2 fully saturated rings. The topological polar surface area (TPSA) is 47.3 Å². The number of alkyl halides is 3. The van der Waals surface area contributed by atoms with E-state index in [1.807, 2.05) is 0 Å². The molecule has 1 aliphatic heterocycles. The van der Waals surface area contributed by atoms with Gasteiger partial charge < -0.3 is 4.74 Å². The summed E-state index contributed by atoms with van der Waals surface area (Å²) in [4.78, 5) is 0. The van der Waals surface area contributed by atoms with Gasteiger partial charge in [-0.3, -0.25) is 5.84 Å². The van der Waals surface area contributed by atoms with Crippen LogP contribution >= 0.6 is 11.6 Å². The van der Waals surface area contributed by atoms with Gasteiger partial charge in [-0.05, 0) is 43.2 Å². The number of ether oxygens (including phenoxy) is 1. The fourth-order valence-corrected chi connectivity index (χ4v) is 3.46. The highest BCUT2D eigenvalue weighted by atomic mass is 35.5. The lowest BCUT2D eigenvalue weighted by Gasteiger charge is -2.41. The van der Waals surface area contributed by atoms with E-state index in [2.05, 4.69) is 5.43 Å². The van der Waals surface area contributed by atoms with Crippen LogP contribution in [-0.4, -0.2) is 23.6 Å². The Bertz CT molecular complexity index is 267. The Morgan fingerprint density at radius 1 is 1.41 bits per heavy atom. The minimum Gasteiger partial charge on any atom is -0.375 e. The van der Waals surface area contributed by atoms with Crippen molar-refractivity contribution in [3.05, 3.63) is 0 Å². The molecule has 1 spiro atoms. The van der Waals surface area contributed by atoms with Crippen LogP contribution in [0, 0.1) is 5.92 Å². The van der Waals surface area contributed by atoms with Crippen LogP contribution in [-0.2, 0) is 4.74 Å². The second-order valence-electron chi connectivity index (χ2n) is 5.18. The maximum atomic E-state index is 13.2. The molecule has 2 rings (SSSR count). The molecule has 2 atom stereocenters. The molecule has 6 heteroatoms. The normalized spacial score (nSPS) is 30.7. The van der Waals surface area contributed by atoms with E-state index < -0.39 is 11.4 Å². The average molecular weight is 269 g/mol. The molecule has 2 unspecified atom stereocenters. The highest BCUT2D eigenvalue weighted by Gasteiger charge is 2.48. The van der Waals surface area contributed by atoms with Crippen LogP contribution < -0.4 is 11.3 Å². The first-order valence-corrected chi connectivity index (χ1v) is 6.51. The summed E-state index contributed by atoms with van der Waals surface area (Å²) in [7, 11) is 0. The molecule has 100 valence electrons. The first kappa shape index (κ1) is 13.5. The van der Waals surface area contributed by atoms with E-state index in [4.69, 9.17) is 22.2 Å². The number of nitrogens with one attached hydrogen (secondary N) is 1. The van der Waals surface area contributed by atoms with Gasteiger partial charge in [-0.25, -0.2) is 5.43 Å². The van der Waals surface area contributed by atoms with Crippen LogP contribution in [0.1, 0.15) is 38.5 Å². The largest absolute Gasteiger partial charge is 0.375 e. The summed E-state index contributed by atoms with van der Waals surface area (Å²) in [6.45, 7) is 0.524. The first-order valence-electron chi connectivity index (χ1n) is 6.14. The van der Waals surface area contributed by atoms with Crippen LogP contribution in [0.15, 0.2) is 0 Å². The second-order valence-corrected chi connectivity index (χ2v) is 5.68. The van der Waals surface area contributed by atoms with Crippen LogP contribution in [0.25, 0.3) is 0 Å². The second kappa shape index (κ2) is 4.96. The van der Waals surface area contributed by atoms with Gasteiger partial charge in [0.15, 0.2) is 0 Å². The van der Waals surface area contributed by atoms with Gasteiger partial charge in [-0.1, -0.05) is 12.8 Å². The molecular weight excluding hydrogens is 250 g/mol. The fourth-order valence-electron chi connectivity index (χ4n) is 3.22. The van der Waals surface area contributed by atoms with Crippen molar-refractivity contribution in [1.29, 1.82) is 0 Å². The van der Waals surface area contributed by atoms with Crippen molar-refractivity contribution in [2.24, 2.45) is 11.8 Å². The summed E-state index contributed by atoms with van der Waals surface area (Å²) in [5, 5.41) is -3.31. The Hall–Kier alpha value is 0.0300. The van der Waals surface area contributed by atoms with E-state index in [0.717, 1.165) is 25.7 Å². The summed E-state index contributed by atoms with van der Waals surface area (Å²) in [6.07, 6.45) is 5.38. The zero-order chi connectivity index (χ0) is 12.5. The molecule has 0 bridgehead atoms. The van der Waals surface area contributed by atoms with E-state index in [0.29, 0.717) is 19.4 Å². The van der Waals surface area contributed by atoms with Gasteiger partial charge in [0, 0.05) is 6.61 Å². The zero-order valence-electron chi connectivity index (χ0n) is 9.72. The van der Waals surface area contributed by atoms with Crippen LogP contribution in [0.3, 0.4) is 0 Å². The highest BCUT2D eigenvalue weighted by Crippen LogP contribution is 2.45. The van der Waals surface area contributed by atoms with Crippen LogP contribution in [0.2, 0.25) is 0 Å². The van der Waals surface area contributed by atoms with Gasteiger partial charge in [0.25, 0.3) is 0 Å². The third-order valence-electron chi connectivity index (χ3n) is 4.05. The quantitative estimate of drug-likeness (QED) is 0.469. The van der Waals surface area contributed by atoms with Gasteiger partial charge in [-0.15, -0.1) is 0 Å². The predicted octanol–water partition coefficient (Wildman–Crippen LogP) is 2.39. The monoisotopic (exact) mass is 268 g/mol. The van der Waals surface area contributed by atoms with Crippen molar-refractivity contribution in [3.8, 4) is 0 Å². The Morgan fingerprint density at radius 2 is 2.06 bits per heavy atom. The van der Waals surface area contributed by atoms with Crippen molar-refractivity contribution in [1.82, 2.24) is 5.43 Å². The van der Waals surface area contributed by atoms with Crippen molar-refractivity contribution in [2.45, 2.75) is 55.5 Å². The van der Waals surface area contributed by atoms with E-state index in [-0.39, 0.29) is 11.5 Å². The van der Waals surface area contributed by atoms with Crippen molar-refractivity contribution in [3.63, 3.8) is 0 Å². The lowest BCUT2D eigenvalue weighted by Crippen LogP contribution is -2.54. The van der Waals surface area contributed by atoms with E-state index in [9.17, 15) is 8.78 Å². The first-order chi connectivity index (χ1) is 7.97. The molecule has 17 heavy (non-hydrogen) atoms. The highest BCUT2D eigenvalue weighted by molar-refractivity contribution is 6.22. The SMILES string of the molecule is NNC(C1CCOC2(CCCC2)C1)C(F)(F)Cl. The average Bonchev–Trinajstić information content (AvgIpc) is 2.65. The molecule has 3 N–H and O–H groups in total. The molecular formula is C11H19ClF2N2O. The summed E-state index contributed by atoms with van der Waals surface area (Å²) in [6, 6.07) is -1.18. The van der Waals surface area contributed by atoms with Crippen LogP contribution in [0.4, 0.5) is 8.78 Å². The maximum absolute atomic E-state index is 13.2. The fraction of sp³-hybridized carbons (Fsp3) is 1.00. The molecule has 2 aliphatic rings. The third-order valence-corrected chi connectivity index (χ3v) is 4.28. The number of rotatable bonds is 3. The van der Waals surface area contributed by atoms with Crippen LogP contribution in [0.5, 0.6) is 0 Å². The number of hydrogen-bond acceptors (Lipinski definition) is 3. The molecule has 0 aromatic heterocycles. The Labute approximate surface area is 105 Å². The van der Waals surface area contributed by atoms with E-state index >= 15 is 0 Å². The minimum absolute atomic E-state index is 0.194. The zero-order valence-corrected chi connectivity index (χ0v) is 10.5. The van der Waals surface area contributed by atoms with Gasteiger partial charge in [0.05, 0.1) is 5.60 Å². The molecule has 0 amide bonds. The van der Waals surface area contributed by atoms with Gasteiger partial charge >= 0.3 is 5.38 Å². The van der Waals surface area contributed by atoms with E-state index in [1.54, 1.807) is 0 Å². The number of nitrogens with two attached hydrogens (primary N) is 1. The smallest absolute Gasteiger partial charge is 0.338 e. The Kier molecular flexibility index (Phi) is 3.92.